The predicted octanol–water partition coefficient (Wildman–Crippen LogP) is 29.5. The van der Waals surface area contributed by atoms with Crippen molar-refractivity contribution in [3.05, 3.63) is 144 Å². The maximum atomic E-state index is 7.17. The summed E-state index contributed by atoms with van der Waals surface area (Å²) in [6.45, 7) is 48.9. The van der Waals surface area contributed by atoms with Crippen LogP contribution in [0.1, 0.15) is 263 Å². The highest BCUT2D eigenvalue weighted by Gasteiger charge is 2.29. The van der Waals surface area contributed by atoms with Crippen LogP contribution in [0.3, 0.4) is 0 Å². The van der Waals surface area contributed by atoms with E-state index in [0.29, 0.717) is 50.1 Å². The molecule has 0 fully saturated rings. The number of ether oxygens (including phenoxy) is 4. The van der Waals surface area contributed by atoms with Crippen molar-refractivity contribution in [2.75, 3.05) is 26.4 Å². The lowest BCUT2D eigenvalue weighted by molar-refractivity contribution is 0.235. The zero-order valence-corrected chi connectivity index (χ0v) is 69.5. The van der Waals surface area contributed by atoms with Gasteiger partial charge in [-0.25, -0.2) is 9.97 Å². The summed E-state index contributed by atoms with van der Waals surface area (Å²) in [5.41, 5.74) is 16.1. The Bertz CT molecular complexity index is 4980. The van der Waals surface area contributed by atoms with Crippen LogP contribution in [-0.4, -0.2) is 46.4 Å². The molecule has 570 valence electrons. The molecular weight excluding hydrogens is 1320 g/mol. The van der Waals surface area contributed by atoms with Gasteiger partial charge in [-0.3, -0.25) is 0 Å². The third-order valence-electron chi connectivity index (χ3n) is 24.2. The highest BCUT2D eigenvalue weighted by molar-refractivity contribution is 6.17. The molecule has 2 N–H and O–H groups in total. The van der Waals surface area contributed by atoms with Gasteiger partial charge >= 0.3 is 0 Å². The number of H-pyrrole nitrogens is 2. The molecule has 5 heterocycles. The van der Waals surface area contributed by atoms with Gasteiger partial charge in [0.15, 0.2) is 0 Å². The normalized spacial score (nSPS) is 14.0. The highest BCUT2D eigenvalue weighted by Crippen LogP contribution is 2.49. The van der Waals surface area contributed by atoms with Crippen molar-refractivity contribution in [3.63, 3.8) is 0 Å². The lowest BCUT2D eigenvalue weighted by Crippen LogP contribution is -2.14. The van der Waals surface area contributed by atoms with E-state index in [1.807, 2.05) is 0 Å². The number of benzene rings is 8. The number of rotatable bonds is 28. The number of unbranched alkanes of at least 4 members (excludes halogenated alkanes) is 4. The van der Waals surface area contributed by atoms with Gasteiger partial charge in [-0.1, -0.05) is 240 Å². The Hall–Kier alpha value is -8.36. The SMILES string of the molecule is CCCCC(CC)COc1cc(C(C)(C)C)cc2cc3c(cc12)-c1cc2[nH]c(cc4nc(cc5[nH]c(cc-3n1)c1cc3c(OCC(CC)CCCC)cc(C(C)(C)C)cc3cc51)-c1cc3c(OCC(CC)CCCC)cc(C(C)(C)C)cc3cc1-4)c1cc3c(OCC(CC)CCCC)cc(C(C)(C)C)cc3cc21. The third kappa shape index (κ3) is 16.4. The van der Waals surface area contributed by atoms with Crippen LogP contribution < -0.4 is 18.9 Å². The van der Waals surface area contributed by atoms with Gasteiger partial charge in [0.05, 0.1) is 49.2 Å². The molecule has 4 unspecified atom stereocenters. The molecule has 13 rings (SSSR count). The maximum Gasteiger partial charge on any atom is 0.127 e. The van der Waals surface area contributed by atoms with E-state index in [1.165, 1.54) is 73.6 Å². The molecule has 8 heteroatoms. The van der Waals surface area contributed by atoms with E-state index in [1.54, 1.807) is 0 Å². The van der Waals surface area contributed by atoms with E-state index in [0.717, 1.165) is 206 Å². The van der Waals surface area contributed by atoms with Crippen LogP contribution >= 0.6 is 0 Å². The smallest absolute Gasteiger partial charge is 0.127 e. The van der Waals surface area contributed by atoms with Gasteiger partial charge in [0, 0.05) is 87.4 Å². The van der Waals surface area contributed by atoms with Gasteiger partial charge in [0.2, 0.25) is 0 Å². The van der Waals surface area contributed by atoms with Gasteiger partial charge in [-0.15, -0.1) is 0 Å². The Kier molecular flexibility index (Phi) is 23.0. The van der Waals surface area contributed by atoms with Crippen molar-refractivity contribution in [2.24, 2.45) is 23.7 Å². The first-order valence-corrected chi connectivity index (χ1v) is 42.0. The minimum Gasteiger partial charge on any atom is -0.493 e. The molecule has 0 saturated heterocycles. The molecule has 0 aliphatic carbocycles. The topological polar surface area (TPSA) is 94.3 Å². The molecule has 108 heavy (non-hydrogen) atoms. The van der Waals surface area contributed by atoms with Crippen LogP contribution in [-0.2, 0) is 21.7 Å². The number of nitrogens with one attached hydrogen (secondary N) is 2. The Labute approximate surface area is 646 Å². The maximum absolute atomic E-state index is 7.17. The summed E-state index contributed by atoms with van der Waals surface area (Å²) >= 11 is 0. The second-order valence-electron chi connectivity index (χ2n) is 36.5. The second-order valence-corrected chi connectivity index (χ2v) is 36.5. The first-order valence-electron chi connectivity index (χ1n) is 42.0. The molecule has 2 aliphatic heterocycles. The summed E-state index contributed by atoms with van der Waals surface area (Å²) in [5.74, 6) is 5.58. The summed E-state index contributed by atoms with van der Waals surface area (Å²) in [7, 11) is 0. The standard InChI is InChI=1S/C100H126N4O4/c1-21-29-33-61(25-5)57-105-93-45-69(97(9,10)11)37-65-41-77-81(49-73(65)93)89-53-86-78-42-66-38-70(98(12,13)14)46-94(106-58-62(26-6)34-30-22-2)74(66)50-82(78)91(102-86)55-88-80-44-68-40-72(100(18,19)20)48-96(108-60-64(28-8)36-32-24-4)76(68)52-84(80)92(104-88)56-87-79-43-67-39-71(99(15,16)17)47-95(107-59-63(27-7)35-31-23-3)75(67)51-83(79)90(103-87)54-85(77)101-89/h37-56,61-64,101,104H,21-36,57-60H2,1-20H3. The number of aromatic nitrogens is 4. The van der Waals surface area contributed by atoms with Gasteiger partial charge < -0.3 is 28.9 Å². The van der Waals surface area contributed by atoms with E-state index in [4.69, 9.17) is 28.9 Å². The fourth-order valence-electron chi connectivity index (χ4n) is 16.4. The van der Waals surface area contributed by atoms with Crippen LogP contribution in [0.15, 0.2) is 121 Å². The summed E-state index contributed by atoms with van der Waals surface area (Å²) < 4.78 is 28.7. The zero-order chi connectivity index (χ0) is 76.7. The Morgan fingerprint density at radius 2 is 0.500 bits per heavy atom. The lowest BCUT2D eigenvalue weighted by atomic mass is 9.85. The van der Waals surface area contributed by atoms with Crippen molar-refractivity contribution in [3.8, 4) is 68.0 Å². The molecule has 0 radical (unpaired) electrons. The van der Waals surface area contributed by atoms with E-state index >= 15 is 0 Å². The van der Waals surface area contributed by atoms with Crippen molar-refractivity contribution < 1.29 is 18.9 Å². The predicted molar refractivity (Wildman–Crippen MR) is 465 cm³/mol. The Morgan fingerprint density at radius 1 is 0.269 bits per heavy atom. The van der Waals surface area contributed by atoms with Crippen molar-refractivity contribution in [2.45, 2.75) is 263 Å². The molecule has 8 aromatic carbocycles. The van der Waals surface area contributed by atoms with Crippen LogP contribution in [0, 0.1) is 23.7 Å². The van der Waals surface area contributed by atoms with Crippen molar-refractivity contribution >= 4 is 86.7 Å². The highest BCUT2D eigenvalue weighted by atomic mass is 16.5. The molecular formula is C100H126N4O4. The van der Waals surface area contributed by atoms with E-state index in [-0.39, 0.29) is 21.7 Å². The average molecular weight is 1450 g/mol. The van der Waals surface area contributed by atoms with Gasteiger partial charge in [-0.2, -0.15) is 0 Å². The number of aromatic amines is 2. The molecule has 0 saturated carbocycles. The summed E-state index contributed by atoms with van der Waals surface area (Å²) in [4.78, 5) is 20.2. The first-order chi connectivity index (χ1) is 51.6. The quantitative estimate of drug-likeness (QED) is 0.0507. The summed E-state index contributed by atoms with van der Waals surface area (Å²) in [6, 6.07) is 47.5. The Balaban J connectivity index is 1.17. The minimum absolute atomic E-state index is 0.132. The molecule has 3 aromatic heterocycles. The van der Waals surface area contributed by atoms with E-state index in [2.05, 4.69) is 270 Å². The van der Waals surface area contributed by atoms with Crippen molar-refractivity contribution in [1.82, 2.24) is 19.9 Å². The largest absolute Gasteiger partial charge is 0.493 e. The summed E-state index contributed by atoms with van der Waals surface area (Å²) in [5, 5.41) is 13.4. The number of hydrogen-bond acceptors (Lipinski definition) is 6. The van der Waals surface area contributed by atoms with Crippen molar-refractivity contribution in [1.29, 1.82) is 0 Å². The molecule has 4 atom stereocenters. The molecule has 0 spiro atoms. The minimum atomic E-state index is -0.133. The average Bonchev–Trinajstić information content (AvgIpc) is 1.57. The van der Waals surface area contributed by atoms with Crippen LogP contribution in [0.25, 0.3) is 132 Å². The fourth-order valence-corrected chi connectivity index (χ4v) is 16.4. The fraction of sp³-hybridized carbons (Fsp3) is 0.480. The molecule has 11 aromatic rings. The van der Waals surface area contributed by atoms with E-state index < -0.39 is 0 Å². The lowest BCUT2D eigenvalue weighted by Gasteiger charge is -2.23. The molecule has 2 aliphatic rings. The summed E-state index contributed by atoms with van der Waals surface area (Å²) in [6.07, 6.45) is 18.4. The van der Waals surface area contributed by atoms with Gasteiger partial charge in [-0.05, 0) is 212 Å². The number of nitrogens with zero attached hydrogens (tertiary/aromatic N) is 2. The zero-order valence-electron chi connectivity index (χ0n) is 69.5. The monoisotopic (exact) mass is 1450 g/mol. The van der Waals surface area contributed by atoms with Crippen LogP contribution in [0.4, 0.5) is 0 Å². The van der Waals surface area contributed by atoms with Crippen LogP contribution in [0.2, 0.25) is 0 Å². The Morgan fingerprint density at radius 3 is 0.741 bits per heavy atom. The second kappa shape index (κ2) is 31.9. The first kappa shape index (κ1) is 77.8. The molecule has 8 bridgehead atoms. The number of fused-ring (bicyclic) bond motifs is 24. The van der Waals surface area contributed by atoms with E-state index in [9.17, 15) is 0 Å². The van der Waals surface area contributed by atoms with Gasteiger partial charge in [0.1, 0.15) is 23.0 Å². The molecule has 0 amide bonds. The molecule has 8 nitrogen and oxygen atoms in total. The van der Waals surface area contributed by atoms with Crippen LogP contribution in [0.5, 0.6) is 23.0 Å². The number of hydrogen-bond donors (Lipinski definition) is 2. The van der Waals surface area contributed by atoms with Gasteiger partial charge in [0.25, 0.3) is 0 Å². The third-order valence-corrected chi connectivity index (χ3v) is 24.2.